The first kappa shape index (κ1) is 107. The lowest BCUT2D eigenvalue weighted by atomic mass is 9.79. The lowest BCUT2D eigenvalue weighted by Gasteiger charge is -2.30. The number of ether oxygens (including phenoxy) is 12. The summed E-state index contributed by atoms with van der Waals surface area (Å²) in [5, 5.41) is 103. The van der Waals surface area contributed by atoms with Gasteiger partial charge in [-0.2, -0.15) is 0 Å². The zero-order chi connectivity index (χ0) is 90.4. The Hall–Kier alpha value is -8.03. The highest BCUT2D eigenvalue weighted by atomic mass is 32.2. The van der Waals surface area contributed by atoms with Gasteiger partial charge < -0.3 is 113 Å². The molecule has 3 fully saturated rings. The molecule has 0 atom stereocenters. The largest absolute Gasteiger partial charge is 0.491 e. The summed E-state index contributed by atoms with van der Waals surface area (Å²) in [5.74, 6) is 2.38. The van der Waals surface area contributed by atoms with E-state index >= 15 is 0 Å². The summed E-state index contributed by atoms with van der Waals surface area (Å²) in [6, 6.07) is 40.8. The Morgan fingerprint density at radius 3 is 0.707 bits per heavy atom. The van der Waals surface area contributed by atoms with E-state index in [1.54, 1.807) is 141 Å². The van der Waals surface area contributed by atoms with E-state index in [0.717, 1.165) is 56.3 Å². The summed E-state index contributed by atoms with van der Waals surface area (Å²) in [7, 11) is 1.62. The van der Waals surface area contributed by atoms with Gasteiger partial charge in [-0.25, -0.2) is 0 Å². The Labute approximate surface area is 727 Å². The second-order valence-electron chi connectivity index (χ2n) is 30.6. The van der Waals surface area contributed by atoms with Crippen LogP contribution in [0.2, 0.25) is 0 Å². The predicted octanol–water partition coefficient (Wildman–Crippen LogP) is 9.92. The van der Waals surface area contributed by atoms with Crippen LogP contribution in [0.5, 0.6) is 28.7 Å². The number of rotatable bonds is 49. The van der Waals surface area contributed by atoms with Gasteiger partial charge in [0.25, 0.3) is 0 Å². The third kappa shape index (κ3) is 42.2. The normalized spacial score (nSPS) is 14.4. The van der Waals surface area contributed by atoms with E-state index < -0.39 is 33.6 Å². The highest BCUT2D eigenvalue weighted by molar-refractivity contribution is 7.99. The van der Waals surface area contributed by atoms with Crippen molar-refractivity contribution in [1.82, 2.24) is 0 Å². The predicted molar refractivity (Wildman–Crippen MR) is 463 cm³/mol. The Kier molecular flexibility index (Phi) is 51.5. The number of aliphatic hydroxyl groups is 11. The second kappa shape index (κ2) is 59.0. The van der Waals surface area contributed by atoms with Crippen LogP contribution in [0.4, 0.5) is 0 Å². The third-order valence-electron chi connectivity index (χ3n) is 19.0. The van der Waals surface area contributed by atoms with Crippen LogP contribution in [-0.4, -0.2) is 289 Å². The molecule has 3 saturated carbocycles. The van der Waals surface area contributed by atoms with E-state index in [-0.39, 0.29) is 67.7 Å². The zero-order valence-electron chi connectivity index (χ0n) is 72.4. The maximum atomic E-state index is 12.5. The van der Waals surface area contributed by atoms with Crippen molar-refractivity contribution in [3.05, 3.63) is 179 Å². The maximum absolute atomic E-state index is 12.5. The van der Waals surface area contributed by atoms with Crippen LogP contribution in [0.25, 0.3) is 0 Å². The number of carbonyl (C=O) groups is 6. The van der Waals surface area contributed by atoms with Gasteiger partial charge in [-0.1, -0.05) is 50.7 Å². The van der Waals surface area contributed by atoms with Gasteiger partial charge in [0, 0.05) is 51.1 Å². The number of ketones is 6. The minimum absolute atomic E-state index is 0.000279. The summed E-state index contributed by atoms with van der Waals surface area (Å²) >= 11 is 1.52. The number of hydrogen-bond acceptors (Lipinski definition) is 30. The van der Waals surface area contributed by atoms with Crippen molar-refractivity contribution in [3.63, 3.8) is 0 Å². The molecule has 6 aromatic rings. The molecule has 123 heavy (non-hydrogen) atoms. The number of aliphatic hydroxyl groups excluding tert-OH is 5. The smallest absolute Gasteiger partial charge is 0.194 e. The molecule has 3 aliphatic carbocycles. The van der Waals surface area contributed by atoms with Crippen LogP contribution in [0, 0.1) is 0 Å². The number of methoxy groups -OCH3 is 1. The van der Waals surface area contributed by atoms with Crippen molar-refractivity contribution >= 4 is 46.5 Å². The van der Waals surface area contributed by atoms with Gasteiger partial charge >= 0.3 is 0 Å². The van der Waals surface area contributed by atoms with Gasteiger partial charge in [-0.15, -0.1) is 11.8 Å². The topological polar surface area (TPSA) is 436 Å². The molecule has 0 unspecified atom stereocenters. The van der Waals surface area contributed by atoms with Crippen molar-refractivity contribution < 1.29 is 142 Å². The number of Topliss-reactive ketones (excluding diaryl/α,β-unsaturated/α-hetero) is 6. The van der Waals surface area contributed by atoms with Crippen LogP contribution in [0.15, 0.2) is 150 Å². The Balaban J connectivity index is 0.000000311. The summed E-state index contributed by atoms with van der Waals surface area (Å²) in [5.41, 5.74) is -4.69. The molecule has 0 saturated heterocycles. The zero-order valence-corrected chi connectivity index (χ0v) is 73.2. The molecule has 30 heteroatoms. The van der Waals surface area contributed by atoms with Crippen LogP contribution in [0.3, 0.4) is 0 Å². The first-order chi connectivity index (χ1) is 58.8. The lowest BCUT2D eigenvalue weighted by Crippen LogP contribution is -2.40. The molecular weight excluding hydrogens is 1610 g/mol. The fourth-order valence-electron chi connectivity index (χ4n) is 12.4. The first-order valence-corrected chi connectivity index (χ1v) is 42.8. The summed E-state index contributed by atoms with van der Waals surface area (Å²) in [4.78, 5) is 73.5. The maximum Gasteiger partial charge on any atom is 0.194 e. The SMILES string of the molecule is CC(C)(O)C(=O)c1ccc(OCCOCCO)cc1.CC(C)(O)C(=O)c1ccc(SCCO)cc1.COCCOCCOc1ccc(C(=O)C(C)(C)O)cc1.O=C(c1ccc(OCCOCCO)cc1)C1(O)CCCC1.O=C(c1ccc(OCCOCCO)cc1)C1(O)CCCCC1.O=C(c1ccc(OCCOCCOCCO)cc1)C1(O)CCCCC1. The van der Waals surface area contributed by atoms with E-state index in [2.05, 4.69) is 0 Å². The number of hydrogen-bond donors (Lipinski definition) is 11. The molecular formula is C93H132O29S. The molecule has 11 N–H and O–H groups in total. The molecule has 684 valence electrons. The van der Waals surface area contributed by atoms with Crippen LogP contribution < -0.4 is 23.7 Å². The molecule has 29 nitrogen and oxygen atoms in total. The van der Waals surface area contributed by atoms with Crippen LogP contribution >= 0.6 is 11.8 Å². The summed E-state index contributed by atoms with van der Waals surface area (Å²) < 4.78 is 63.1. The fraction of sp³-hybridized carbons (Fsp3) is 0.548. The van der Waals surface area contributed by atoms with Crippen LogP contribution in [-0.2, 0) is 33.2 Å². The minimum atomic E-state index is -1.37. The highest BCUT2D eigenvalue weighted by Gasteiger charge is 2.41. The Morgan fingerprint density at radius 1 is 0.285 bits per heavy atom. The van der Waals surface area contributed by atoms with E-state index in [1.807, 2.05) is 12.1 Å². The molecule has 3 aliphatic rings. The monoisotopic (exact) mass is 1740 g/mol. The molecule has 0 heterocycles. The summed E-state index contributed by atoms with van der Waals surface area (Å²) in [6.07, 6.45) is 10.8. The standard InChI is InChI=1S/C19H28O6.C17H24O5.C16H22O5.C15H22O5.C14H20O5.C12H16O3S/c20-10-11-23-12-13-24-14-15-25-17-6-4-16(5-7-17)18(21)19(22)8-2-1-3-9-19;18-10-11-21-12-13-22-15-6-4-14(5-7-15)16(19)17(20)8-2-1-3-9-17;17-9-10-20-11-12-21-14-5-3-13(4-6-14)15(18)16(19)7-1-2-8-16;1-15(2,17)14(16)12-4-6-13(7-5-12)20-11-10-19-9-8-18-3;1-14(2,17)13(16)11-3-5-12(6-4-11)19-10-9-18-8-7-15;1-12(2,15)11(14)9-3-5-10(6-4-9)16-8-7-13/h4-7,20,22H,1-3,8-15H2;4-7,18,20H,1-3,8-13H2;3-6,17,19H,1-2,7-12H2;4-7,17H,8-11H2,1-3H3;3-6,15,17H,7-10H2,1-2H3;3-6,13,15H,7-8H2,1-2H3. The van der Waals surface area contributed by atoms with Crippen molar-refractivity contribution in [2.75, 3.05) is 165 Å². The molecule has 0 spiro atoms. The highest BCUT2D eigenvalue weighted by Crippen LogP contribution is 2.35. The van der Waals surface area contributed by atoms with Gasteiger partial charge in [0.15, 0.2) is 34.7 Å². The molecule has 0 amide bonds. The van der Waals surface area contributed by atoms with Gasteiger partial charge in [-0.3, -0.25) is 28.8 Å². The number of carbonyl (C=O) groups excluding carboxylic acids is 6. The number of thioether (sulfide) groups is 1. The van der Waals surface area contributed by atoms with E-state index in [4.69, 9.17) is 82.4 Å². The van der Waals surface area contributed by atoms with Crippen molar-refractivity contribution in [2.45, 2.75) is 170 Å². The van der Waals surface area contributed by atoms with Crippen molar-refractivity contribution in [3.8, 4) is 28.7 Å². The van der Waals surface area contributed by atoms with Crippen molar-refractivity contribution in [2.24, 2.45) is 0 Å². The molecule has 9 rings (SSSR count). The van der Waals surface area contributed by atoms with Gasteiger partial charge in [0.2, 0.25) is 0 Å². The lowest BCUT2D eigenvalue weighted by molar-refractivity contribution is 0.0116. The van der Waals surface area contributed by atoms with E-state index in [0.29, 0.717) is 225 Å². The Morgan fingerprint density at radius 2 is 0.488 bits per heavy atom. The van der Waals surface area contributed by atoms with Crippen molar-refractivity contribution in [1.29, 1.82) is 0 Å². The minimum Gasteiger partial charge on any atom is -0.491 e. The van der Waals surface area contributed by atoms with Gasteiger partial charge in [0.05, 0.1) is 119 Å². The van der Waals surface area contributed by atoms with E-state index in [1.165, 1.54) is 53.3 Å². The van der Waals surface area contributed by atoms with Gasteiger partial charge in [-0.05, 0) is 226 Å². The van der Waals surface area contributed by atoms with Gasteiger partial charge in [0.1, 0.15) is 95.4 Å². The second-order valence-corrected chi connectivity index (χ2v) is 31.8. The molecule has 0 aromatic heterocycles. The summed E-state index contributed by atoms with van der Waals surface area (Å²) in [6.45, 7) is 16.3. The molecule has 0 bridgehead atoms. The molecule has 6 aromatic carbocycles. The average Bonchev–Trinajstić information content (AvgIpc) is 1.79. The number of benzene rings is 6. The molecule has 0 radical (unpaired) electrons. The fourth-order valence-corrected chi connectivity index (χ4v) is 13.0. The molecule has 0 aliphatic heterocycles. The first-order valence-electron chi connectivity index (χ1n) is 41.8. The van der Waals surface area contributed by atoms with Crippen LogP contribution in [0.1, 0.15) is 194 Å². The Bertz CT molecular complexity index is 3880. The average molecular weight is 1750 g/mol. The third-order valence-corrected chi connectivity index (χ3v) is 20.0. The quantitative estimate of drug-likeness (QED) is 0.00960. The van der Waals surface area contributed by atoms with E-state index in [9.17, 15) is 59.4 Å².